The van der Waals surface area contributed by atoms with Gasteiger partial charge in [0, 0.05) is 56.3 Å². The Bertz CT molecular complexity index is 1610. The van der Waals surface area contributed by atoms with Crippen LogP contribution in [0.25, 0.3) is 0 Å². The van der Waals surface area contributed by atoms with Crippen LogP contribution in [0.2, 0.25) is 0 Å². The number of nitrogens with one attached hydrogen (secondary N) is 1. The van der Waals surface area contributed by atoms with Crippen molar-refractivity contribution in [2.75, 3.05) is 7.11 Å². The summed E-state index contributed by atoms with van der Waals surface area (Å²) < 4.78 is 23.1. The molecule has 10 unspecified atom stereocenters. The quantitative estimate of drug-likeness (QED) is 0.325. The highest BCUT2D eigenvalue weighted by Crippen LogP contribution is 2.48. The first-order valence-electron chi connectivity index (χ1n) is 17.0. The van der Waals surface area contributed by atoms with Crippen molar-refractivity contribution in [2.24, 2.45) is 29.6 Å². The minimum absolute atomic E-state index is 0.0294. The molecule has 0 fully saturated rings. The SMILES string of the molecule is COC1/C=C/OC2(C)Oc3c(C)c(O)c4c(c3C2=O)C(=O)C=C(NC(=O)C(C)CCCC(C)C(O)C(C)C(O)C(C)C(OC(C)=O)C1C)C4=O. The van der Waals surface area contributed by atoms with Gasteiger partial charge < -0.3 is 39.6 Å². The molecule has 1 aromatic carbocycles. The molecule has 0 saturated heterocycles. The van der Waals surface area contributed by atoms with Gasteiger partial charge in [0.15, 0.2) is 5.78 Å². The summed E-state index contributed by atoms with van der Waals surface area (Å²) in [5, 5.41) is 36.3. The molecule has 0 aromatic heterocycles. The van der Waals surface area contributed by atoms with Crippen LogP contribution in [0, 0.1) is 36.5 Å². The summed E-state index contributed by atoms with van der Waals surface area (Å²) in [6.45, 7) is 12.7. The molecule has 50 heavy (non-hydrogen) atoms. The molecule has 3 heterocycles. The number of methoxy groups -OCH3 is 1. The summed E-state index contributed by atoms with van der Waals surface area (Å²) in [6.07, 6.45) is 1.40. The first-order chi connectivity index (χ1) is 23.4. The number of allylic oxidation sites excluding steroid dienone is 2. The molecular weight excluding hydrogens is 650 g/mol. The van der Waals surface area contributed by atoms with Crippen molar-refractivity contribution in [1.29, 1.82) is 0 Å². The number of carbonyl (C=O) groups excluding carboxylic acids is 5. The Balaban J connectivity index is 1.77. The maximum absolute atomic E-state index is 13.9. The highest BCUT2D eigenvalue weighted by molar-refractivity contribution is 6.30. The number of amides is 1. The van der Waals surface area contributed by atoms with Crippen molar-refractivity contribution in [3.8, 4) is 11.5 Å². The van der Waals surface area contributed by atoms with Crippen LogP contribution in [0.1, 0.15) is 104 Å². The van der Waals surface area contributed by atoms with E-state index in [1.54, 1.807) is 27.7 Å². The van der Waals surface area contributed by atoms with Gasteiger partial charge in [0.1, 0.15) is 17.6 Å². The van der Waals surface area contributed by atoms with E-state index in [0.717, 1.165) is 6.08 Å². The van der Waals surface area contributed by atoms with Crippen molar-refractivity contribution in [1.82, 2.24) is 5.32 Å². The number of hydrogen-bond acceptors (Lipinski definition) is 12. The molecule has 0 saturated carbocycles. The maximum Gasteiger partial charge on any atom is 0.312 e. The average Bonchev–Trinajstić information content (AvgIpc) is 3.33. The molecule has 0 spiro atoms. The van der Waals surface area contributed by atoms with Crippen LogP contribution in [0.15, 0.2) is 24.1 Å². The van der Waals surface area contributed by atoms with Gasteiger partial charge in [-0.25, -0.2) is 0 Å². The molecule has 4 N–H and O–H groups in total. The van der Waals surface area contributed by atoms with E-state index in [9.17, 15) is 39.3 Å². The van der Waals surface area contributed by atoms with Crippen LogP contribution in [-0.4, -0.2) is 81.9 Å². The van der Waals surface area contributed by atoms with E-state index in [1.165, 1.54) is 40.2 Å². The topological polar surface area (TPSA) is 195 Å². The number of ketones is 3. The number of phenolic OH excluding ortho intramolecular Hbond substituents is 1. The van der Waals surface area contributed by atoms with E-state index in [4.69, 9.17) is 18.9 Å². The lowest BCUT2D eigenvalue weighted by molar-refractivity contribution is -0.160. The molecule has 1 aromatic rings. The average molecular weight is 700 g/mol. The number of ether oxygens (including phenoxy) is 4. The molecule has 13 nitrogen and oxygen atoms in total. The van der Waals surface area contributed by atoms with Gasteiger partial charge in [0.05, 0.1) is 47.0 Å². The van der Waals surface area contributed by atoms with E-state index < -0.39 is 94.4 Å². The zero-order valence-electron chi connectivity index (χ0n) is 30.1. The van der Waals surface area contributed by atoms with E-state index in [1.807, 2.05) is 6.92 Å². The third kappa shape index (κ3) is 7.22. The highest BCUT2D eigenvalue weighted by atomic mass is 16.7. The fourth-order valence-corrected chi connectivity index (χ4v) is 7.18. The Morgan fingerprint density at radius 1 is 0.960 bits per heavy atom. The second-order valence-corrected chi connectivity index (χ2v) is 14.1. The van der Waals surface area contributed by atoms with Crippen molar-refractivity contribution in [2.45, 2.75) is 105 Å². The molecule has 3 aliphatic heterocycles. The monoisotopic (exact) mass is 699 g/mol. The predicted molar refractivity (Wildman–Crippen MR) is 179 cm³/mol. The van der Waals surface area contributed by atoms with Crippen molar-refractivity contribution in [3.05, 3.63) is 46.4 Å². The van der Waals surface area contributed by atoms with Crippen LogP contribution >= 0.6 is 0 Å². The third-order valence-electron chi connectivity index (χ3n) is 10.5. The van der Waals surface area contributed by atoms with Crippen LogP contribution in [0.5, 0.6) is 11.5 Å². The normalized spacial score (nSPS) is 34.7. The number of carbonyl (C=O) groups is 5. The van der Waals surface area contributed by atoms with E-state index >= 15 is 0 Å². The Morgan fingerprint density at radius 2 is 1.62 bits per heavy atom. The molecule has 5 bridgehead atoms. The third-order valence-corrected chi connectivity index (χ3v) is 10.5. The molecule has 4 aliphatic rings. The first kappa shape index (κ1) is 38.7. The van der Waals surface area contributed by atoms with Crippen LogP contribution in [0.4, 0.5) is 0 Å². The lowest BCUT2D eigenvalue weighted by Gasteiger charge is -2.38. The van der Waals surface area contributed by atoms with Crippen molar-refractivity contribution < 1.29 is 58.2 Å². The van der Waals surface area contributed by atoms with Gasteiger partial charge in [0.25, 0.3) is 5.78 Å². The standard InChI is InChI=1S/C37H49NO12/c1-16-11-10-12-17(2)36(46)38-23-15-24(40)26-27(32(23)44)31(43)21(6)34-28(26)35(45)37(8,50-34)48-14-13-25(47-9)18(3)33(49-22(7)39)20(5)30(42)19(4)29(16)41/h13-20,25,29-30,33,41-43H,10-12H2,1-9H3,(H,38,46)/b14-13+. The van der Waals surface area contributed by atoms with Crippen LogP contribution < -0.4 is 10.1 Å². The number of aromatic hydroxyl groups is 1. The number of aliphatic hydroxyl groups excluding tert-OH is 2. The number of phenols is 1. The Kier molecular flexibility index (Phi) is 11.6. The first-order valence-corrected chi connectivity index (χ1v) is 17.0. The summed E-state index contributed by atoms with van der Waals surface area (Å²) in [4.78, 5) is 66.4. The number of fused-ring (bicyclic) bond motifs is 16. The van der Waals surface area contributed by atoms with Gasteiger partial charge in [-0.05, 0) is 31.8 Å². The number of aliphatic hydroxyl groups is 2. The molecule has 13 heteroatoms. The minimum atomic E-state index is -2.02. The van der Waals surface area contributed by atoms with E-state index in [-0.39, 0.29) is 34.1 Å². The van der Waals surface area contributed by atoms with Crippen molar-refractivity contribution in [3.63, 3.8) is 0 Å². The van der Waals surface area contributed by atoms with Crippen LogP contribution in [0.3, 0.4) is 0 Å². The second-order valence-electron chi connectivity index (χ2n) is 14.1. The number of esters is 1. The van der Waals surface area contributed by atoms with Gasteiger partial charge >= 0.3 is 11.8 Å². The summed E-state index contributed by atoms with van der Waals surface area (Å²) >= 11 is 0. The number of benzene rings is 1. The highest BCUT2D eigenvalue weighted by Gasteiger charge is 2.51. The summed E-state index contributed by atoms with van der Waals surface area (Å²) in [5.74, 6) is -8.86. The lowest BCUT2D eigenvalue weighted by atomic mass is 9.77. The van der Waals surface area contributed by atoms with Gasteiger partial charge in [-0.3, -0.25) is 24.0 Å². The van der Waals surface area contributed by atoms with Gasteiger partial charge in [-0.2, -0.15) is 0 Å². The van der Waals surface area contributed by atoms with Crippen LogP contribution in [-0.2, 0) is 23.8 Å². The number of rotatable bonds is 2. The zero-order chi connectivity index (χ0) is 37.4. The Labute approximate surface area is 292 Å². The molecule has 1 amide bonds. The smallest absolute Gasteiger partial charge is 0.312 e. The molecule has 274 valence electrons. The minimum Gasteiger partial charge on any atom is -0.507 e. The predicted octanol–water partition coefficient (Wildman–Crippen LogP) is 3.93. The van der Waals surface area contributed by atoms with E-state index in [2.05, 4.69) is 5.32 Å². The Hall–Kier alpha value is -4.07. The number of Topliss-reactive ketones (excluding diaryl/α,β-unsaturated/α-hetero) is 2. The summed E-state index contributed by atoms with van der Waals surface area (Å²) in [5.41, 5.74) is -1.29. The van der Waals surface area contributed by atoms with Crippen molar-refractivity contribution >= 4 is 29.2 Å². The molecule has 10 atom stereocenters. The van der Waals surface area contributed by atoms with Gasteiger partial charge in [0.2, 0.25) is 11.7 Å². The fourth-order valence-electron chi connectivity index (χ4n) is 7.18. The van der Waals surface area contributed by atoms with Gasteiger partial charge in [-0.1, -0.05) is 41.0 Å². The fraction of sp³-hybridized carbons (Fsp3) is 0.595. The molecule has 1 aliphatic carbocycles. The summed E-state index contributed by atoms with van der Waals surface area (Å²) in [7, 11) is 1.43. The van der Waals surface area contributed by atoms with Gasteiger partial charge in [-0.15, -0.1) is 0 Å². The van der Waals surface area contributed by atoms with E-state index in [0.29, 0.717) is 19.3 Å². The number of hydrogen-bond donors (Lipinski definition) is 4. The molecular formula is C37H49NO12. The lowest BCUT2D eigenvalue weighted by Crippen LogP contribution is -2.46. The maximum atomic E-state index is 13.9. The molecule has 0 radical (unpaired) electrons. The largest absolute Gasteiger partial charge is 0.507 e. The summed E-state index contributed by atoms with van der Waals surface area (Å²) in [6, 6.07) is 0. The zero-order valence-corrected chi connectivity index (χ0v) is 30.1. The molecule has 5 rings (SSSR count). The second kappa shape index (κ2) is 15.0. The Morgan fingerprint density at radius 3 is 2.24 bits per heavy atom.